The molecule has 2 aromatic carbocycles. The lowest BCUT2D eigenvalue weighted by molar-refractivity contribution is -0.120. The van der Waals surface area contributed by atoms with Crippen LogP contribution in [-0.2, 0) is 11.2 Å². The minimum atomic E-state index is -0.349. The number of hydrogen-bond donors (Lipinski definition) is 2. The van der Waals surface area contributed by atoms with Gasteiger partial charge in [0.25, 0.3) is 0 Å². The molecule has 1 aliphatic carbocycles. The van der Waals surface area contributed by atoms with Gasteiger partial charge in [-0.05, 0) is 56.9 Å². The SMILES string of the molecule is C[C@H]1CCc2c(ccc(C3=CN(C)NN3)c2Oc2cccc(F)c2)N1C(=O)C1CC1. The second-order valence-electron chi connectivity index (χ2n) is 8.26. The third kappa shape index (κ3) is 3.39. The molecular weight excluding hydrogens is 383 g/mol. The lowest BCUT2D eigenvalue weighted by Gasteiger charge is -2.36. The fourth-order valence-electron chi connectivity index (χ4n) is 4.19. The van der Waals surface area contributed by atoms with Crippen LogP contribution >= 0.6 is 0 Å². The van der Waals surface area contributed by atoms with Gasteiger partial charge in [0.05, 0.1) is 11.4 Å². The molecule has 0 radical (unpaired) electrons. The zero-order valence-corrected chi connectivity index (χ0v) is 17.1. The van der Waals surface area contributed by atoms with E-state index in [9.17, 15) is 9.18 Å². The quantitative estimate of drug-likeness (QED) is 0.802. The largest absolute Gasteiger partial charge is 0.456 e. The van der Waals surface area contributed by atoms with E-state index >= 15 is 0 Å². The van der Waals surface area contributed by atoms with Gasteiger partial charge in [0.15, 0.2) is 0 Å². The molecule has 1 atom stereocenters. The van der Waals surface area contributed by atoms with Crippen LogP contribution in [0.1, 0.15) is 37.3 Å². The van der Waals surface area contributed by atoms with Crippen LogP contribution in [0.3, 0.4) is 0 Å². The van der Waals surface area contributed by atoms with E-state index in [1.54, 1.807) is 12.1 Å². The zero-order chi connectivity index (χ0) is 20.8. The number of carbonyl (C=O) groups is 1. The molecule has 2 heterocycles. The van der Waals surface area contributed by atoms with Crippen LogP contribution < -0.4 is 20.6 Å². The van der Waals surface area contributed by atoms with Gasteiger partial charge in [0, 0.05) is 42.4 Å². The maximum atomic E-state index is 13.8. The summed E-state index contributed by atoms with van der Waals surface area (Å²) in [6.45, 7) is 2.10. The van der Waals surface area contributed by atoms with Crippen molar-refractivity contribution in [3.8, 4) is 11.5 Å². The highest BCUT2D eigenvalue weighted by Crippen LogP contribution is 2.45. The number of hydrogen-bond acceptors (Lipinski definition) is 5. The summed E-state index contributed by atoms with van der Waals surface area (Å²) in [5, 5.41) is 1.81. The van der Waals surface area contributed by atoms with Gasteiger partial charge in [-0.3, -0.25) is 9.80 Å². The van der Waals surface area contributed by atoms with Crippen LogP contribution in [0.4, 0.5) is 10.1 Å². The topological polar surface area (TPSA) is 56.8 Å². The minimum Gasteiger partial charge on any atom is -0.456 e. The number of hydrazine groups is 2. The van der Waals surface area contributed by atoms with Crippen molar-refractivity contribution in [2.75, 3.05) is 11.9 Å². The molecule has 7 heteroatoms. The Labute approximate surface area is 175 Å². The Hall–Kier alpha value is -3.06. The van der Waals surface area contributed by atoms with Crippen molar-refractivity contribution in [2.45, 2.75) is 38.6 Å². The number of nitrogens with one attached hydrogen (secondary N) is 2. The van der Waals surface area contributed by atoms with Crippen LogP contribution in [-0.4, -0.2) is 24.0 Å². The molecule has 2 N–H and O–H groups in total. The molecule has 2 aliphatic heterocycles. The number of anilines is 1. The molecule has 0 bridgehead atoms. The van der Waals surface area contributed by atoms with Crippen LogP contribution in [0.15, 0.2) is 42.6 Å². The van der Waals surface area contributed by atoms with Crippen molar-refractivity contribution in [1.29, 1.82) is 0 Å². The fourth-order valence-corrected chi connectivity index (χ4v) is 4.19. The summed E-state index contributed by atoms with van der Waals surface area (Å²) in [6, 6.07) is 10.3. The second-order valence-corrected chi connectivity index (χ2v) is 8.26. The Kier molecular flexibility index (Phi) is 4.62. The lowest BCUT2D eigenvalue weighted by atomic mass is 9.92. The summed E-state index contributed by atoms with van der Waals surface area (Å²) in [5.41, 5.74) is 9.76. The van der Waals surface area contributed by atoms with E-state index in [1.807, 2.05) is 35.3 Å². The molecule has 5 rings (SSSR count). The van der Waals surface area contributed by atoms with Crippen LogP contribution in [0.25, 0.3) is 5.70 Å². The summed E-state index contributed by atoms with van der Waals surface area (Å²) in [4.78, 5) is 15.0. The van der Waals surface area contributed by atoms with Gasteiger partial charge in [-0.2, -0.15) is 0 Å². The van der Waals surface area contributed by atoms with Crippen molar-refractivity contribution in [3.05, 3.63) is 59.5 Å². The van der Waals surface area contributed by atoms with E-state index in [4.69, 9.17) is 4.74 Å². The normalized spacial score (nSPS) is 20.5. The van der Waals surface area contributed by atoms with E-state index in [1.165, 1.54) is 12.1 Å². The van der Waals surface area contributed by atoms with Gasteiger partial charge in [0.1, 0.15) is 17.3 Å². The minimum absolute atomic E-state index is 0.141. The fraction of sp³-hybridized carbons (Fsp3) is 0.348. The van der Waals surface area contributed by atoms with Gasteiger partial charge in [-0.25, -0.2) is 4.39 Å². The molecule has 156 valence electrons. The molecule has 3 aliphatic rings. The second kappa shape index (κ2) is 7.32. The number of nitrogens with zero attached hydrogens (tertiary/aromatic N) is 2. The summed E-state index contributed by atoms with van der Waals surface area (Å²) in [5.74, 6) is 1.09. The predicted octanol–water partition coefficient (Wildman–Crippen LogP) is 3.95. The number of benzene rings is 2. The van der Waals surface area contributed by atoms with Crippen LogP contribution in [0.2, 0.25) is 0 Å². The number of halogens is 1. The molecule has 2 aromatic rings. The smallest absolute Gasteiger partial charge is 0.230 e. The van der Waals surface area contributed by atoms with Crippen molar-refractivity contribution >= 4 is 17.3 Å². The molecular formula is C23H25FN4O2. The number of fused-ring (bicyclic) bond motifs is 1. The maximum Gasteiger partial charge on any atom is 0.230 e. The highest BCUT2D eigenvalue weighted by molar-refractivity contribution is 5.99. The van der Waals surface area contributed by atoms with E-state index in [-0.39, 0.29) is 23.7 Å². The molecule has 0 aromatic heterocycles. The monoisotopic (exact) mass is 408 g/mol. The average Bonchev–Trinajstić information content (AvgIpc) is 3.49. The molecule has 0 saturated heterocycles. The van der Waals surface area contributed by atoms with Crippen molar-refractivity contribution in [1.82, 2.24) is 16.0 Å². The molecule has 30 heavy (non-hydrogen) atoms. The molecule has 1 amide bonds. The van der Waals surface area contributed by atoms with Gasteiger partial charge >= 0.3 is 0 Å². The average molecular weight is 408 g/mol. The first kappa shape index (κ1) is 18.9. The number of carbonyl (C=O) groups excluding carboxylic acids is 1. The van der Waals surface area contributed by atoms with Gasteiger partial charge in [-0.1, -0.05) is 6.07 Å². The highest BCUT2D eigenvalue weighted by Gasteiger charge is 2.39. The van der Waals surface area contributed by atoms with Gasteiger partial charge in [-0.15, -0.1) is 5.53 Å². The number of amides is 1. The maximum absolute atomic E-state index is 13.8. The van der Waals surface area contributed by atoms with Crippen molar-refractivity contribution < 1.29 is 13.9 Å². The standard InChI is InChI=1S/C23H25FN4O2/c1-14-6-9-19-21(28(14)23(29)15-7-8-15)11-10-18(20-13-27(2)26-25-20)22(19)30-17-5-3-4-16(24)12-17/h3-5,10-15,25-26H,6-9H2,1-2H3/t14-/m0/s1. The van der Waals surface area contributed by atoms with Crippen LogP contribution in [0.5, 0.6) is 11.5 Å². The first-order valence-corrected chi connectivity index (χ1v) is 10.4. The number of rotatable bonds is 4. The molecule has 6 nitrogen and oxygen atoms in total. The summed E-state index contributed by atoms with van der Waals surface area (Å²) >= 11 is 0. The lowest BCUT2D eigenvalue weighted by Crippen LogP contribution is -2.43. The Balaban J connectivity index is 1.63. The summed E-state index contributed by atoms with van der Waals surface area (Å²) < 4.78 is 20.1. The molecule has 0 unspecified atom stereocenters. The zero-order valence-electron chi connectivity index (χ0n) is 17.1. The predicted molar refractivity (Wildman–Crippen MR) is 113 cm³/mol. The van der Waals surface area contributed by atoms with Crippen LogP contribution in [0, 0.1) is 11.7 Å². The van der Waals surface area contributed by atoms with E-state index < -0.39 is 0 Å². The first-order chi connectivity index (χ1) is 14.5. The first-order valence-electron chi connectivity index (χ1n) is 10.4. The molecule has 0 spiro atoms. The van der Waals surface area contributed by atoms with E-state index in [0.717, 1.165) is 48.2 Å². The van der Waals surface area contributed by atoms with Crippen molar-refractivity contribution in [2.24, 2.45) is 5.92 Å². The number of ether oxygens (including phenoxy) is 1. The Morgan fingerprint density at radius 2 is 2.03 bits per heavy atom. The Morgan fingerprint density at radius 1 is 1.20 bits per heavy atom. The Morgan fingerprint density at radius 3 is 2.73 bits per heavy atom. The van der Waals surface area contributed by atoms with Gasteiger partial charge < -0.3 is 15.1 Å². The third-order valence-electron chi connectivity index (χ3n) is 5.91. The van der Waals surface area contributed by atoms with E-state index in [2.05, 4.69) is 17.9 Å². The third-order valence-corrected chi connectivity index (χ3v) is 5.91. The summed E-state index contributed by atoms with van der Waals surface area (Å²) in [7, 11) is 1.89. The van der Waals surface area contributed by atoms with Gasteiger partial charge in [0.2, 0.25) is 5.91 Å². The Bertz CT molecular complexity index is 1030. The molecule has 1 fully saturated rings. The summed E-state index contributed by atoms with van der Waals surface area (Å²) in [6.07, 6.45) is 5.52. The highest BCUT2D eigenvalue weighted by atomic mass is 19.1. The molecule has 1 saturated carbocycles. The van der Waals surface area contributed by atoms with Crippen molar-refractivity contribution in [3.63, 3.8) is 0 Å². The van der Waals surface area contributed by atoms with E-state index in [0.29, 0.717) is 11.5 Å².